The summed E-state index contributed by atoms with van der Waals surface area (Å²) in [6.45, 7) is 4.00. The van der Waals surface area contributed by atoms with E-state index >= 15 is 0 Å². The quantitative estimate of drug-likeness (QED) is 0.120. The first-order chi connectivity index (χ1) is 18.2. The van der Waals surface area contributed by atoms with Crippen molar-refractivity contribution in [3.8, 4) is 11.5 Å². The first-order valence-corrected chi connectivity index (χ1v) is 13.6. The molecule has 0 radical (unpaired) electrons. The highest BCUT2D eigenvalue weighted by atomic mass is 35.5. The number of carbonyl (C=O) groups is 1. The van der Waals surface area contributed by atoms with Crippen LogP contribution in [0.1, 0.15) is 19.4 Å². The van der Waals surface area contributed by atoms with E-state index in [2.05, 4.69) is 15.5 Å². The Morgan fingerprint density at radius 3 is 2.79 bits per heavy atom. The third-order valence-corrected chi connectivity index (χ3v) is 7.66. The number of fused-ring (bicyclic) bond motifs is 1. The van der Waals surface area contributed by atoms with Gasteiger partial charge in [-0.3, -0.25) is 14.9 Å². The van der Waals surface area contributed by atoms with Crippen molar-refractivity contribution >= 4 is 74.3 Å². The first kappa shape index (κ1) is 27.6. The molecule has 0 aliphatic carbocycles. The summed E-state index contributed by atoms with van der Waals surface area (Å²) in [4.78, 5) is 28.6. The maximum Gasteiger partial charge on any atom is 0.283 e. The molecule has 0 fully saturated rings. The fourth-order valence-electron chi connectivity index (χ4n) is 3.20. The minimum absolute atomic E-state index is 0.103. The van der Waals surface area contributed by atoms with Crippen LogP contribution < -0.4 is 14.9 Å². The Morgan fingerprint density at radius 2 is 2.05 bits per heavy atom. The summed E-state index contributed by atoms with van der Waals surface area (Å²) in [5, 5.41) is 16.4. The molecular formula is C25H20Cl2N4O5S2. The van der Waals surface area contributed by atoms with Crippen LogP contribution in [0, 0.1) is 10.1 Å². The van der Waals surface area contributed by atoms with Crippen molar-refractivity contribution in [1.29, 1.82) is 0 Å². The molecule has 0 saturated heterocycles. The van der Waals surface area contributed by atoms with Crippen LogP contribution in [-0.4, -0.2) is 34.7 Å². The van der Waals surface area contributed by atoms with Gasteiger partial charge in [-0.2, -0.15) is 5.10 Å². The number of amides is 1. The molecule has 1 N–H and O–H groups in total. The molecule has 1 aromatic heterocycles. The Hall–Kier alpha value is -3.38. The molecule has 13 heteroatoms. The van der Waals surface area contributed by atoms with E-state index in [1.807, 2.05) is 25.1 Å². The standard InChI is InChI=1S/C25H20Cl2N4O5S2/c1-3-35-17-6-7-19-23(12-17)38-25(29-19)37-22-9-4-15(10-20(22)31(33)34)13-28-30-24(32)14(2)36-21-8-5-16(26)11-18(21)27/h4-14H,3H2,1-2H3,(H,30,32)/b28-13-/t14-/m1/s1. The number of thiazole rings is 1. The SMILES string of the molecule is CCOc1ccc2nc(Sc3ccc(/C=N\NC(=O)[C@@H](C)Oc4ccc(Cl)cc4Cl)cc3[N+](=O)[O-])sc2c1. The number of hydrogen-bond acceptors (Lipinski definition) is 9. The second-order valence-electron chi connectivity index (χ2n) is 7.70. The molecular weight excluding hydrogens is 571 g/mol. The lowest BCUT2D eigenvalue weighted by Gasteiger charge is -2.14. The molecule has 1 heterocycles. The molecule has 196 valence electrons. The largest absolute Gasteiger partial charge is 0.494 e. The highest BCUT2D eigenvalue weighted by Crippen LogP contribution is 2.39. The Morgan fingerprint density at radius 1 is 1.24 bits per heavy atom. The van der Waals surface area contributed by atoms with Gasteiger partial charge in [-0.15, -0.1) is 11.3 Å². The third-order valence-electron chi connectivity index (χ3n) is 4.98. The van der Waals surface area contributed by atoms with Crippen LogP contribution in [0.3, 0.4) is 0 Å². The number of aromatic nitrogens is 1. The number of nitro groups is 1. The summed E-state index contributed by atoms with van der Waals surface area (Å²) in [6, 6.07) is 14.9. The molecule has 4 rings (SSSR count). The summed E-state index contributed by atoms with van der Waals surface area (Å²) in [7, 11) is 0. The van der Waals surface area contributed by atoms with Gasteiger partial charge in [-0.1, -0.05) is 41.0 Å². The molecule has 0 unspecified atom stereocenters. The average molecular weight is 591 g/mol. The Labute approximate surface area is 235 Å². The number of rotatable bonds is 10. The molecule has 9 nitrogen and oxygen atoms in total. The number of nitro benzene ring substituents is 1. The van der Waals surface area contributed by atoms with Crippen molar-refractivity contribution in [3.63, 3.8) is 0 Å². The summed E-state index contributed by atoms with van der Waals surface area (Å²) in [5.41, 5.74) is 3.48. The van der Waals surface area contributed by atoms with Gasteiger partial charge in [0.15, 0.2) is 10.4 Å². The molecule has 4 aromatic rings. The minimum atomic E-state index is -0.905. The van der Waals surface area contributed by atoms with Crippen LogP contribution in [-0.2, 0) is 4.79 Å². The van der Waals surface area contributed by atoms with Crippen LogP contribution >= 0.6 is 46.3 Å². The van der Waals surface area contributed by atoms with Crippen LogP contribution in [0.15, 0.2) is 68.9 Å². The number of carbonyl (C=O) groups excluding carboxylic acids is 1. The number of hydrazone groups is 1. The van der Waals surface area contributed by atoms with Gasteiger partial charge in [0.1, 0.15) is 11.5 Å². The number of nitrogens with one attached hydrogen (secondary N) is 1. The molecule has 0 spiro atoms. The zero-order valence-corrected chi connectivity index (χ0v) is 23.2. The first-order valence-electron chi connectivity index (χ1n) is 11.2. The van der Waals surface area contributed by atoms with Crippen molar-refractivity contribution in [2.45, 2.75) is 29.2 Å². The molecule has 1 amide bonds. The van der Waals surface area contributed by atoms with Gasteiger partial charge in [0.2, 0.25) is 0 Å². The van der Waals surface area contributed by atoms with Crippen molar-refractivity contribution < 1.29 is 19.2 Å². The zero-order valence-electron chi connectivity index (χ0n) is 20.0. The Bertz CT molecular complexity index is 1530. The molecule has 1 atom stereocenters. The number of hydrogen-bond donors (Lipinski definition) is 1. The lowest BCUT2D eigenvalue weighted by Crippen LogP contribution is -2.33. The molecule has 0 bridgehead atoms. The van der Waals surface area contributed by atoms with Crippen LogP contribution in [0.5, 0.6) is 11.5 Å². The van der Waals surface area contributed by atoms with Gasteiger partial charge in [0.05, 0.1) is 37.9 Å². The van der Waals surface area contributed by atoms with Crippen molar-refractivity contribution in [2.24, 2.45) is 5.10 Å². The molecule has 0 saturated carbocycles. The maximum absolute atomic E-state index is 12.3. The van der Waals surface area contributed by atoms with Gasteiger partial charge < -0.3 is 9.47 Å². The van der Waals surface area contributed by atoms with Gasteiger partial charge in [-0.25, -0.2) is 10.4 Å². The van der Waals surface area contributed by atoms with Crippen molar-refractivity contribution in [3.05, 3.63) is 80.3 Å². The number of ether oxygens (including phenoxy) is 2. The Balaban J connectivity index is 1.42. The monoisotopic (exact) mass is 590 g/mol. The van der Waals surface area contributed by atoms with Crippen molar-refractivity contribution in [2.75, 3.05) is 6.61 Å². The fourth-order valence-corrected chi connectivity index (χ4v) is 5.79. The molecule has 0 aliphatic heterocycles. The minimum Gasteiger partial charge on any atom is -0.494 e. The van der Waals surface area contributed by atoms with E-state index in [0.29, 0.717) is 32.2 Å². The molecule has 38 heavy (non-hydrogen) atoms. The van der Waals surface area contributed by atoms with E-state index < -0.39 is 16.9 Å². The smallest absolute Gasteiger partial charge is 0.283 e. The highest BCUT2D eigenvalue weighted by Gasteiger charge is 2.18. The van der Waals surface area contributed by atoms with Gasteiger partial charge in [0, 0.05) is 16.7 Å². The fraction of sp³-hybridized carbons (Fsp3) is 0.160. The van der Waals surface area contributed by atoms with E-state index in [9.17, 15) is 14.9 Å². The normalized spacial score (nSPS) is 12.0. The predicted octanol–water partition coefficient (Wildman–Crippen LogP) is 6.98. The van der Waals surface area contributed by atoms with Crippen molar-refractivity contribution in [1.82, 2.24) is 10.4 Å². The van der Waals surface area contributed by atoms with Gasteiger partial charge in [-0.05, 0) is 56.3 Å². The van der Waals surface area contributed by atoms with Crippen LogP contribution in [0.4, 0.5) is 5.69 Å². The van der Waals surface area contributed by atoms with E-state index in [-0.39, 0.29) is 10.7 Å². The lowest BCUT2D eigenvalue weighted by atomic mass is 10.2. The van der Waals surface area contributed by atoms with Gasteiger partial charge >= 0.3 is 0 Å². The summed E-state index contributed by atoms with van der Waals surface area (Å²) < 4.78 is 12.7. The number of halogens is 2. The maximum atomic E-state index is 12.3. The van der Waals surface area contributed by atoms with E-state index in [1.165, 1.54) is 48.4 Å². The van der Waals surface area contributed by atoms with Crippen LogP contribution in [0.25, 0.3) is 10.2 Å². The van der Waals surface area contributed by atoms with Crippen LogP contribution in [0.2, 0.25) is 10.0 Å². The van der Waals surface area contributed by atoms with E-state index in [0.717, 1.165) is 16.0 Å². The highest BCUT2D eigenvalue weighted by molar-refractivity contribution is 8.01. The zero-order chi connectivity index (χ0) is 27.2. The second kappa shape index (κ2) is 12.4. The summed E-state index contributed by atoms with van der Waals surface area (Å²) in [5.74, 6) is 0.517. The Kier molecular flexibility index (Phi) is 9.05. The van der Waals surface area contributed by atoms with E-state index in [4.69, 9.17) is 32.7 Å². The number of nitrogens with zero attached hydrogens (tertiary/aromatic N) is 3. The summed E-state index contributed by atoms with van der Waals surface area (Å²) in [6.07, 6.45) is 0.409. The predicted molar refractivity (Wildman–Crippen MR) is 150 cm³/mol. The average Bonchev–Trinajstić information content (AvgIpc) is 3.28. The third kappa shape index (κ3) is 6.93. The molecule has 3 aromatic carbocycles. The number of benzene rings is 3. The summed E-state index contributed by atoms with van der Waals surface area (Å²) >= 11 is 14.6. The van der Waals surface area contributed by atoms with Gasteiger partial charge in [0.25, 0.3) is 11.6 Å². The topological polar surface area (TPSA) is 116 Å². The second-order valence-corrected chi connectivity index (χ2v) is 10.9. The molecule has 0 aliphatic rings. The lowest BCUT2D eigenvalue weighted by molar-refractivity contribution is -0.387. The van der Waals surface area contributed by atoms with E-state index in [1.54, 1.807) is 24.3 Å².